The van der Waals surface area contributed by atoms with E-state index in [2.05, 4.69) is 12.1 Å². The van der Waals surface area contributed by atoms with E-state index >= 15 is 26.3 Å². The van der Waals surface area contributed by atoms with Crippen molar-refractivity contribution in [1.82, 2.24) is 0 Å². The van der Waals surface area contributed by atoms with Gasteiger partial charge in [0.1, 0.15) is 0 Å². The standard InChI is InChI=1S/C43H22F6N4S2/c1-23-3-9-30(22-53)33(15-23)34-16-27(21-52)8-14-31(34)37-18-35(40(55-37)29-12-6-26(20-51)7-13-29)39-38(41(44,45)43(48,49)42(39,46)47)32-17-36(54-24(32)2)28-10-4-25(19-50)5-11-28/h3-18H,1-2H3. The number of allylic oxidation sites excluding steroid dienone is 2. The summed E-state index contributed by atoms with van der Waals surface area (Å²) in [5.74, 6) is -16.5. The minimum Gasteiger partial charge on any atom is -0.194 e. The summed E-state index contributed by atoms with van der Waals surface area (Å²) in [6, 6.07) is 31.7. The lowest BCUT2D eigenvalue weighted by Gasteiger charge is -2.25. The molecule has 55 heavy (non-hydrogen) atoms. The molecule has 1 aliphatic carbocycles. The van der Waals surface area contributed by atoms with E-state index in [0.717, 1.165) is 28.2 Å². The van der Waals surface area contributed by atoms with Crippen LogP contribution in [0.2, 0.25) is 0 Å². The number of nitrogens with zero attached hydrogens (tertiary/aromatic N) is 4. The van der Waals surface area contributed by atoms with Crippen LogP contribution in [0.4, 0.5) is 26.3 Å². The van der Waals surface area contributed by atoms with Gasteiger partial charge in [0.25, 0.3) is 0 Å². The van der Waals surface area contributed by atoms with Crippen LogP contribution in [0.1, 0.15) is 43.8 Å². The lowest BCUT2D eigenvalue weighted by atomic mass is 9.90. The van der Waals surface area contributed by atoms with Gasteiger partial charge in [0, 0.05) is 41.8 Å². The van der Waals surface area contributed by atoms with E-state index in [-0.39, 0.29) is 36.9 Å². The van der Waals surface area contributed by atoms with Gasteiger partial charge in [-0.15, -0.1) is 22.7 Å². The van der Waals surface area contributed by atoms with E-state index in [0.29, 0.717) is 32.7 Å². The molecule has 0 fully saturated rings. The van der Waals surface area contributed by atoms with Crippen LogP contribution in [0.25, 0.3) is 53.6 Å². The maximum Gasteiger partial charge on any atom is 0.380 e. The highest BCUT2D eigenvalue weighted by Gasteiger charge is 2.80. The van der Waals surface area contributed by atoms with E-state index in [9.17, 15) is 21.0 Å². The zero-order valence-electron chi connectivity index (χ0n) is 28.6. The van der Waals surface area contributed by atoms with Crippen molar-refractivity contribution in [2.75, 3.05) is 0 Å². The van der Waals surface area contributed by atoms with Crippen LogP contribution in [0.15, 0.2) is 97.1 Å². The van der Waals surface area contributed by atoms with Crippen LogP contribution in [0.5, 0.6) is 0 Å². The summed E-state index contributed by atoms with van der Waals surface area (Å²) >= 11 is 1.84. The predicted octanol–water partition coefficient (Wildman–Crippen LogP) is 12.4. The second-order valence-corrected chi connectivity index (χ2v) is 15.1. The van der Waals surface area contributed by atoms with Gasteiger partial charge in [-0.2, -0.15) is 47.4 Å². The molecule has 0 N–H and O–H groups in total. The first-order valence-corrected chi connectivity index (χ1v) is 18.0. The second kappa shape index (κ2) is 13.4. The summed E-state index contributed by atoms with van der Waals surface area (Å²) in [5.41, 5.74) is -0.543. The fourth-order valence-electron chi connectivity index (χ4n) is 6.66. The number of thiophene rings is 2. The number of nitriles is 4. The maximum absolute atomic E-state index is 16.4. The number of hydrogen-bond donors (Lipinski definition) is 0. The highest BCUT2D eigenvalue weighted by Crippen LogP contribution is 2.67. The third-order valence-corrected chi connectivity index (χ3v) is 11.7. The molecule has 0 radical (unpaired) electrons. The molecule has 0 amide bonds. The van der Waals surface area contributed by atoms with Gasteiger partial charge in [-0.1, -0.05) is 48.0 Å². The van der Waals surface area contributed by atoms with Gasteiger partial charge in [0.15, 0.2) is 0 Å². The van der Waals surface area contributed by atoms with E-state index in [1.165, 1.54) is 73.7 Å². The van der Waals surface area contributed by atoms with Gasteiger partial charge in [-0.3, -0.25) is 0 Å². The number of alkyl halides is 6. The first kappa shape index (κ1) is 36.9. The highest BCUT2D eigenvalue weighted by molar-refractivity contribution is 7.19. The molecule has 0 atom stereocenters. The molecule has 6 aromatic rings. The zero-order valence-corrected chi connectivity index (χ0v) is 30.2. The molecule has 2 heterocycles. The molecule has 7 rings (SSSR count). The first-order valence-electron chi connectivity index (χ1n) is 16.4. The fourth-order valence-corrected chi connectivity index (χ4v) is 8.91. The van der Waals surface area contributed by atoms with Crippen LogP contribution in [0.3, 0.4) is 0 Å². The molecule has 0 spiro atoms. The molecular weight excluding hydrogens is 751 g/mol. The summed E-state index contributed by atoms with van der Waals surface area (Å²) in [5, 5.41) is 38.4. The molecule has 0 aliphatic heterocycles. The second-order valence-electron chi connectivity index (χ2n) is 12.8. The molecule has 1 aliphatic rings. The molecule has 12 heteroatoms. The van der Waals surface area contributed by atoms with Crippen molar-refractivity contribution >= 4 is 33.8 Å². The largest absolute Gasteiger partial charge is 0.380 e. The Morgan fingerprint density at radius 3 is 1.60 bits per heavy atom. The van der Waals surface area contributed by atoms with Gasteiger partial charge in [-0.25, -0.2) is 0 Å². The van der Waals surface area contributed by atoms with Gasteiger partial charge < -0.3 is 0 Å². The summed E-state index contributed by atoms with van der Waals surface area (Å²) in [6.07, 6.45) is 0. The molecular formula is C43H22F6N4S2. The number of halogens is 6. The summed E-state index contributed by atoms with van der Waals surface area (Å²) < 4.78 is 96.8. The van der Waals surface area contributed by atoms with Crippen molar-refractivity contribution < 1.29 is 26.3 Å². The van der Waals surface area contributed by atoms with Crippen LogP contribution in [-0.2, 0) is 0 Å². The number of benzene rings is 4. The number of hydrogen-bond acceptors (Lipinski definition) is 6. The third kappa shape index (κ3) is 5.88. The molecule has 0 saturated carbocycles. The first-order chi connectivity index (χ1) is 26.2. The molecule has 0 unspecified atom stereocenters. The average molecular weight is 773 g/mol. The lowest BCUT2D eigenvalue weighted by molar-refractivity contribution is -0.254. The van der Waals surface area contributed by atoms with Gasteiger partial charge in [0.2, 0.25) is 0 Å². The van der Waals surface area contributed by atoms with Crippen LogP contribution in [0, 0.1) is 59.2 Å². The smallest absolute Gasteiger partial charge is 0.194 e. The highest BCUT2D eigenvalue weighted by atomic mass is 32.1. The van der Waals surface area contributed by atoms with Crippen molar-refractivity contribution in [3.05, 3.63) is 141 Å². The topological polar surface area (TPSA) is 95.2 Å². The normalized spacial score (nSPS) is 15.2. The number of aryl methyl sites for hydroxylation is 2. The summed E-state index contributed by atoms with van der Waals surface area (Å²) in [7, 11) is 0. The Bertz CT molecular complexity index is 2750. The van der Waals surface area contributed by atoms with E-state index in [4.69, 9.17) is 0 Å². The predicted molar refractivity (Wildman–Crippen MR) is 200 cm³/mol. The maximum atomic E-state index is 16.4. The van der Waals surface area contributed by atoms with Crippen molar-refractivity contribution in [1.29, 1.82) is 21.0 Å². The number of rotatable bonds is 6. The third-order valence-electron chi connectivity index (χ3n) is 9.43. The Morgan fingerprint density at radius 2 is 1.02 bits per heavy atom. The van der Waals surface area contributed by atoms with Gasteiger partial charge in [0.05, 0.1) is 46.5 Å². The van der Waals surface area contributed by atoms with E-state index < -0.39 is 40.0 Å². The Balaban J connectivity index is 1.56. The molecule has 0 saturated heterocycles. The van der Waals surface area contributed by atoms with Crippen LogP contribution in [-0.4, -0.2) is 17.8 Å². The SMILES string of the molecule is Cc1ccc(C#N)c(-c2cc(C#N)ccc2-c2cc(C3=C(c4cc(-c5ccc(C#N)cc5)sc4C)C(F)(F)C(F)(F)C3(F)F)c(-c3ccc(C#N)cc3)s2)c1. The molecule has 4 nitrogen and oxygen atoms in total. The quantitative estimate of drug-likeness (QED) is 0.158. The van der Waals surface area contributed by atoms with Gasteiger partial charge in [-0.05, 0) is 96.3 Å². The Hall–Kier alpha value is -6.44. The molecule has 4 aromatic carbocycles. The zero-order chi connectivity index (χ0) is 39.4. The molecule has 2 aromatic heterocycles. The molecule has 0 bridgehead atoms. The minimum atomic E-state index is -5.83. The summed E-state index contributed by atoms with van der Waals surface area (Å²) in [6.45, 7) is 3.18. The lowest BCUT2D eigenvalue weighted by Crippen LogP contribution is -2.48. The van der Waals surface area contributed by atoms with Crippen LogP contribution >= 0.6 is 22.7 Å². The van der Waals surface area contributed by atoms with Crippen LogP contribution < -0.4 is 0 Å². The van der Waals surface area contributed by atoms with Crippen molar-refractivity contribution in [3.63, 3.8) is 0 Å². The summed E-state index contributed by atoms with van der Waals surface area (Å²) in [4.78, 5) is 0.597. The minimum absolute atomic E-state index is 0.0413. The molecule has 268 valence electrons. The van der Waals surface area contributed by atoms with E-state index in [1.54, 1.807) is 37.3 Å². The Kier molecular flexibility index (Phi) is 9.02. The Labute approximate surface area is 319 Å². The Morgan fingerprint density at radius 1 is 0.473 bits per heavy atom. The van der Waals surface area contributed by atoms with Gasteiger partial charge >= 0.3 is 17.8 Å². The van der Waals surface area contributed by atoms with Crippen molar-refractivity contribution in [3.8, 4) is 66.7 Å². The monoisotopic (exact) mass is 772 g/mol. The van der Waals surface area contributed by atoms with Crippen molar-refractivity contribution in [2.45, 2.75) is 31.6 Å². The van der Waals surface area contributed by atoms with Crippen molar-refractivity contribution in [2.24, 2.45) is 0 Å². The average Bonchev–Trinajstić information content (AvgIpc) is 3.82. The fraction of sp³-hybridized carbons (Fsp3) is 0.116. The van der Waals surface area contributed by atoms with E-state index in [1.807, 2.05) is 12.1 Å².